The lowest BCUT2D eigenvalue weighted by molar-refractivity contribution is 0.0826. The van der Waals surface area contributed by atoms with Crippen molar-refractivity contribution in [1.82, 2.24) is 15.1 Å². The molecule has 1 aliphatic heterocycles. The standard InChI is InChI=1S/C20H19N3O2/c1-10-18(11(2)25-23-10)12-3-4-16-13(5-12)19-14-6-20(14,15(19)8-24-16)17-7-21-9-22-17/h3-5,7,9,14-15,19H,6,8H2,1-2H3,(H,21,22)/t14?,15-,19-,20?/m0/s1. The highest BCUT2D eigenvalue weighted by Gasteiger charge is 2.76. The molecule has 0 saturated heterocycles. The van der Waals surface area contributed by atoms with Crippen molar-refractivity contribution in [2.75, 3.05) is 6.61 Å². The molecule has 0 bridgehead atoms. The van der Waals surface area contributed by atoms with Crippen molar-refractivity contribution in [3.63, 3.8) is 0 Å². The number of aromatic nitrogens is 3. The van der Waals surface area contributed by atoms with Crippen molar-refractivity contribution < 1.29 is 9.26 Å². The fourth-order valence-electron chi connectivity index (χ4n) is 5.54. The molecule has 2 aromatic heterocycles. The second-order valence-corrected chi connectivity index (χ2v) is 7.71. The molecule has 6 rings (SSSR count). The minimum absolute atomic E-state index is 0.276. The van der Waals surface area contributed by atoms with Crippen molar-refractivity contribution in [2.45, 2.75) is 31.6 Å². The molecule has 5 heteroatoms. The van der Waals surface area contributed by atoms with Gasteiger partial charge in [0.25, 0.3) is 0 Å². The Morgan fingerprint density at radius 3 is 2.92 bits per heavy atom. The van der Waals surface area contributed by atoms with Gasteiger partial charge in [-0.05, 0) is 55.4 Å². The lowest BCUT2D eigenvalue weighted by Gasteiger charge is -2.47. The summed E-state index contributed by atoms with van der Waals surface area (Å²) in [6.45, 7) is 4.78. The van der Waals surface area contributed by atoms with Crippen LogP contribution in [0.15, 0.2) is 35.2 Å². The van der Waals surface area contributed by atoms with Gasteiger partial charge in [-0.15, -0.1) is 0 Å². The van der Waals surface area contributed by atoms with E-state index in [-0.39, 0.29) is 5.41 Å². The second-order valence-electron chi connectivity index (χ2n) is 7.71. The zero-order chi connectivity index (χ0) is 16.8. The van der Waals surface area contributed by atoms with Gasteiger partial charge in [-0.25, -0.2) is 4.98 Å². The number of imidazole rings is 1. The van der Waals surface area contributed by atoms with E-state index in [1.807, 2.05) is 20.0 Å². The van der Waals surface area contributed by atoms with Crippen LogP contribution in [0.1, 0.15) is 35.1 Å². The molecule has 3 aromatic rings. The number of H-pyrrole nitrogens is 1. The van der Waals surface area contributed by atoms with E-state index in [9.17, 15) is 0 Å². The van der Waals surface area contributed by atoms with Crippen LogP contribution in [0.2, 0.25) is 0 Å². The molecule has 0 amide bonds. The summed E-state index contributed by atoms with van der Waals surface area (Å²) < 4.78 is 11.5. The summed E-state index contributed by atoms with van der Waals surface area (Å²) in [7, 11) is 0. The third-order valence-corrected chi connectivity index (χ3v) is 6.70. The Kier molecular flexibility index (Phi) is 2.38. The molecule has 1 N–H and O–H groups in total. The number of nitrogens with one attached hydrogen (secondary N) is 1. The normalized spacial score (nSPS) is 31.4. The van der Waals surface area contributed by atoms with E-state index in [1.54, 1.807) is 6.33 Å². The number of fused-ring (bicyclic) bond motifs is 6. The highest BCUT2D eigenvalue weighted by Crippen LogP contribution is 2.78. The zero-order valence-corrected chi connectivity index (χ0v) is 14.2. The Hall–Kier alpha value is -2.56. The second kappa shape index (κ2) is 4.34. The average molecular weight is 333 g/mol. The average Bonchev–Trinajstić information content (AvgIpc) is 2.94. The SMILES string of the molecule is Cc1noc(C)c1-c1ccc2c(c1)[C@H]1C3CC3(c3cnc[nH]3)[C@H]1CO2. The maximum Gasteiger partial charge on any atom is 0.141 e. The van der Waals surface area contributed by atoms with E-state index in [2.05, 4.69) is 33.3 Å². The van der Waals surface area contributed by atoms with Crippen LogP contribution in [0.4, 0.5) is 0 Å². The molecule has 2 unspecified atom stereocenters. The lowest BCUT2D eigenvalue weighted by Crippen LogP contribution is -2.46. The Bertz CT molecular complexity index is 971. The first-order chi connectivity index (χ1) is 12.2. The third kappa shape index (κ3) is 1.54. The van der Waals surface area contributed by atoms with Gasteiger partial charge in [0.15, 0.2) is 0 Å². The summed E-state index contributed by atoms with van der Waals surface area (Å²) in [5.74, 6) is 3.76. The summed E-state index contributed by atoms with van der Waals surface area (Å²) in [5.41, 5.74) is 6.15. The molecule has 126 valence electrons. The van der Waals surface area contributed by atoms with Gasteiger partial charge in [0.05, 0.1) is 18.6 Å². The van der Waals surface area contributed by atoms with E-state index in [1.165, 1.54) is 23.2 Å². The van der Waals surface area contributed by atoms with Gasteiger partial charge in [0.1, 0.15) is 11.5 Å². The molecule has 2 aliphatic carbocycles. The number of aryl methyl sites for hydroxylation is 2. The largest absolute Gasteiger partial charge is 0.493 e. The molecular formula is C20H19N3O2. The molecule has 2 fully saturated rings. The van der Waals surface area contributed by atoms with Crippen LogP contribution in [-0.2, 0) is 5.41 Å². The molecule has 5 nitrogen and oxygen atoms in total. The molecular weight excluding hydrogens is 314 g/mol. The Balaban J connectivity index is 1.43. The first kappa shape index (κ1) is 13.7. The van der Waals surface area contributed by atoms with Gasteiger partial charge in [0.2, 0.25) is 0 Å². The summed E-state index contributed by atoms with van der Waals surface area (Å²) in [5, 5.41) is 4.10. The van der Waals surface area contributed by atoms with E-state index >= 15 is 0 Å². The van der Waals surface area contributed by atoms with Crippen molar-refractivity contribution in [3.05, 3.63) is 53.4 Å². The third-order valence-electron chi connectivity index (χ3n) is 6.70. The Morgan fingerprint density at radius 1 is 1.24 bits per heavy atom. The molecule has 0 spiro atoms. The first-order valence-corrected chi connectivity index (χ1v) is 8.89. The maximum absolute atomic E-state index is 6.14. The van der Waals surface area contributed by atoms with Crippen molar-refractivity contribution in [3.8, 4) is 16.9 Å². The fourth-order valence-corrected chi connectivity index (χ4v) is 5.54. The summed E-state index contributed by atoms with van der Waals surface area (Å²) in [4.78, 5) is 7.57. The number of aromatic amines is 1. The van der Waals surface area contributed by atoms with Crippen LogP contribution < -0.4 is 4.74 Å². The van der Waals surface area contributed by atoms with E-state index in [4.69, 9.17) is 9.26 Å². The quantitative estimate of drug-likeness (QED) is 0.776. The van der Waals surface area contributed by atoms with Gasteiger partial charge in [-0.2, -0.15) is 0 Å². The van der Waals surface area contributed by atoms with Gasteiger partial charge >= 0.3 is 0 Å². The van der Waals surface area contributed by atoms with Crippen molar-refractivity contribution in [1.29, 1.82) is 0 Å². The Morgan fingerprint density at radius 2 is 2.16 bits per heavy atom. The summed E-state index contributed by atoms with van der Waals surface area (Å²) in [6, 6.07) is 6.54. The minimum Gasteiger partial charge on any atom is -0.493 e. The van der Waals surface area contributed by atoms with Gasteiger partial charge in [-0.3, -0.25) is 0 Å². The predicted octanol–water partition coefficient (Wildman–Crippen LogP) is 3.75. The molecule has 3 aliphatic rings. The predicted molar refractivity (Wildman–Crippen MR) is 91.5 cm³/mol. The topological polar surface area (TPSA) is 63.9 Å². The highest BCUT2D eigenvalue weighted by molar-refractivity contribution is 5.70. The first-order valence-electron chi connectivity index (χ1n) is 8.89. The van der Waals surface area contributed by atoms with Crippen molar-refractivity contribution >= 4 is 0 Å². The molecule has 4 atom stereocenters. The maximum atomic E-state index is 6.14. The number of hydrogen-bond acceptors (Lipinski definition) is 4. The summed E-state index contributed by atoms with van der Waals surface area (Å²) >= 11 is 0. The highest BCUT2D eigenvalue weighted by atomic mass is 16.5. The van der Waals surface area contributed by atoms with Crippen molar-refractivity contribution in [2.24, 2.45) is 11.8 Å². The van der Waals surface area contributed by atoms with Crippen LogP contribution in [0.5, 0.6) is 5.75 Å². The number of hydrogen-bond donors (Lipinski definition) is 1. The zero-order valence-electron chi connectivity index (χ0n) is 14.2. The molecule has 3 heterocycles. The van der Waals surface area contributed by atoms with Gasteiger partial charge in [0, 0.05) is 28.8 Å². The van der Waals surface area contributed by atoms with E-state index in [0.717, 1.165) is 29.4 Å². The van der Waals surface area contributed by atoms with E-state index < -0.39 is 0 Å². The van der Waals surface area contributed by atoms with Crippen LogP contribution in [0.25, 0.3) is 11.1 Å². The summed E-state index contributed by atoms with van der Waals surface area (Å²) in [6.07, 6.45) is 5.02. The van der Waals surface area contributed by atoms with Gasteiger partial charge in [-0.1, -0.05) is 11.2 Å². The minimum atomic E-state index is 0.276. The van der Waals surface area contributed by atoms with Crippen LogP contribution in [-0.4, -0.2) is 21.7 Å². The number of rotatable bonds is 2. The smallest absolute Gasteiger partial charge is 0.141 e. The number of benzene rings is 1. The molecule has 2 saturated carbocycles. The van der Waals surface area contributed by atoms with Crippen LogP contribution in [0.3, 0.4) is 0 Å². The number of ether oxygens (including phenoxy) is 1. The molecule has 0 radical (unpaired) electrons. The fraction of sp³-hybridized carbons (Fsp3) is 0.400. The van der Waals surface area contributed by atoms with Crippen LogP contribution in [0, 0.1) is 25.7 Å². The van der Waals surface area contributed by atoms with Crippen LogP contribution >= 0.6 is 0 Å². The van der Waals surface area contributed by atoms with E-state index in [0.29, 0.717) is 17.8 Å². The molecule has 25 heavy (non-hydrogen) atoms. The number of nitrogens with zero attached hydrogens (tertiary/aromatic N) is 2. The molecule has 1 aromatic carbocycles. The Labute approximate surface area is 145 Å². The van der Waals surface area contributed by atoms with Gasteiger partial charge < -0.3 is 14.2 Å². The lowest BCUT2D eigenvalue weighted by atomic mass is 9.60. The monoisotopic (exact) mass is 333 g/mol.